The number of carbonyl (C=O) groups is 2. The summed E-state index contributed by atoms with van der Waals surface area (Å²) in [6.45, 7) is 4.00. The zero-order valence-electron chi connectivity index (χ0n) is 46.5. The van der Waals surface area contributed by atoms with Gasteiger partial charge in [-0.15, -0.1) is 0 Å². The smallest absolute Gasteiger partial charge is 0.306 e. The summed E-state index contributed by atoms with van der Waals surface area (Å²) in [6, 6.07) is 0. The molecule has 0 aromatic rings. The van der Waals surface area contributed by atoms with Gasteiger partial charge in [-0.05, 0) is 83.5 Å². The van der Waals surface area contributed by atoms with Crippen molar-refractivity contribution in [1.82, 2.24) is 0 Å². The van der Waals surface area contributed by atoms with Gasteiger partial charge in [0.15, 0.2) is 6.10 Å². The molecule has 0 aliphatic carbocycles. The minimum absolute atomic E-state index is 0.0820. The second-order valence-corrected chi connectivity index (χ2v) is 20.4. The van der Waals surface area contributed by atoms with E-state index in [0.717, 1.165) is 70.6 Å². The molecule has 0 aliphatic rings. The van der Waals surface area contributed by atoms with Crippen LogP contribution in [0, 0.1) is 0 Å². The van der Waals surface area contributed by atoms with Gasteiger partial charge in [-0.3, -0.25) is 9.59 Å². The van der Waals surface area contributed by atoms with Crippen LogP contribution >= 0.6 is 0 Å². The molecule has 0 saturated heterocycles. The van der Waals surface area contributed by atoms with Crippen LogP contribution in [0.4, 0.5) is 0 Å². The summed E-state index contributed by atoms with van der Waals surface area (Å²) in [4.78, 5) is 24.4. The molecule has 1 atom stereocenters. The molecule has 0 bridgehead atoms. The highest BCUT2D eigenvalue weighted by Crippen LogP contribution is 2.17. The van der Waals surface area contributed by atoms with Crippen LogP contribution < -0.4 is 0 Å². The van der Waals surface area contributed by atoms with Crippen LogP contribution in [-0.4, -0.2) is 36.4 Å². The molecule has 0 spiro atoms. The van der Waals surface area contributed by atoms with Crippen molar-refractivity contribution in [3.05, 3.63) is 72.9 Å². The maximum absolute atomic E-state index is 12.2. The van der Waals surface area contributed by atoms with Crippen LogP contribution in [-0.2, 0) is 19.1 Å². The Morgan fingerprint density at radius 3 is 0.957 bits per heavy atom. The summed E-state index contributed by atoms with van der Waals surface area (Å²) in [5.74, 6) is -0.631. The van der Waals surface area contributed by atoms with E-state index in [2.05, 4.69) is 86.8 Å². The lowest BCUT2D eigenvalue weighted by molar-refractivity contribution is -0.161. The first-order valence-corrected chi connectivity index (χ1v) is 30.5. The molecular weight excluding hydrogens is 861 g/mol. The molecule has 1 unspecified atom stereocenters. The first-order valence-electron chi connectivity index (χ1n) is 30.5. The van der Waals surface area contributed by atoms with Crippen LogP contribution in [0.1, 0.15) is 309 Å². The van der Waals surface area contributed by atoms with Crippen LogP contribution in [0.2, 0.25) is 0 Å². The predicted octanol–water partition coefficient (Wildman–Crippen LogP) is 20.8. The van der Waals surface area contributed by atoms with Crippen molar-refractivity contribution in [2.75, 3.05) is 13.2 Å². The predicted molar refractivity (Wildman–Crippen MR) is 306 cm³/mol. The standard InChI is InChI=1S/C65H116O5/c1-3-5-7-9-11-13-15-17-19-20-21-22-23-24-25-26-27-28-29-30-31-32-33-34-35-36-37-38-39-40-41-42-43-44-46-47-49-51-53-55-57-59-64(67)69-62-63(61-66)70-65(68)60-58-56-54-52-50-48-45-18-16-14-12-10-8-6-4-2/h6,8,12,14-15,17-18,20-21,45,50,52,63,66H,3-5,7,9-11,13,16,19,22-44,46-49,51,53-62H2,1-2H3/b8-6-,14-12-,17-15-,21-20-,45-18-,52-50-. The Balaban J connectivity index is 3.38. The van der Waals surface area contributed by atoms with E-state index in [1.54, 1.807) is 0 Å². The van der Waals surface area contributed by atoms with Gasteiger partial charge >= 0.3 is 11.9 Å². The molecular formula is C65H116O5. The average molecular weight is 978 g/mol. The van der Waals surface area contributed by atoms with Gasteiger partial charge in [-0.1, -0.05) is 286 Å². The van der Waals surface area contributed by atoms with E-state index >= 15 is 0 Å². The minimum Gasteiger partial charge on any atom is -0.462 e. The molecule has 0 aliphatic heterocycles. The molecule has 5 heteroatoms. The van der Waals surface area contributed by atoms with Crippen molar-refractivity contribution in [3.8, 4) is 0 Å². The molecule has 0 saturated carbocycles. The molecule has 0 fully saturated rings. The number of aliphatic hydroxyl groups is 1. The molecule has 0 amide bonds. The van der Waals surface area contributed by atoms with Crippen molar-refractivity contribution >= 4 is 11.9 Å². The van der Waals surface area contributed by atoms with Gasteiger partial charge in [0.2, 0.25) is 0 Å². The lowest BCUT2D eigenvalue weighted by Gasteiger charge is -2.15. The summed E-state index contributed by atoms with van der Waals surface area (Å²) in [7, 11) is 0. The fourth-order valence-corrected chi connectivity index (χ4v) is 8.93. The zero-order chi connectivity index (χ0) is 50.6. The number of allylic oxidation sites excluding steroid dienone is 12. The highest BCUT2D eigenvalue weighted by Gasteiger charge is 2.16. The molecule has 1 N–H and O–H groups in total. The van der Waals surface area contributed by atoms with Gasteiger partial charge in [0.1, 0.15) is 6.61 Å². The lowest BCUT2D eigenvalue weighted by atomic mass is 10.0. The SMILES string of the molecule is CC/C=C\C/C=C\C/C=C\C/C=C\CCCCC(=O)OC(CO)COC(=O)CCCCCCCCCCCCCCCCCCCCCCCCCCCCCCC/C=C\C/C=C\CCCCCCC. The third-order valence-corrected chi connectivity index (χ3v) is 13.5. The molecule has 0 radical (unpaired) electrons. The van der Waals surface area contributed by atoms with E-state index in [1.165, 1.54) is 212 Å². The van der Waals surface area contributed by atoms with Gasteiger partial charge in [0.05, 0.1) is 6.61 Å². The number of ether oxygens (including phenoxy) is 2. The molecule has 406 valence electrons. The number of rotatable bonds is 56. The van der Waals surface area contributed by atoms with Gasteiger partial charge in [0.25, 0.3) is 0 Å². The Morgan fingerprint density at radius 2 is 0.614 bits per heavy atom. The van der Waals surface area contributed by atoms with Crippen molar-refractivity contribution in [1.29, 1.82) is 0 Å². The van der Waals surface area contributed by atoms with E-state index < -0.39 is 6.10 Å². The number of carbonyl (C=O) groups excluding carboxylic acids is 2. The quantitative estimate of drug-likeness (QED) is 0.0373. The Morgan fingerprint density at radius 1 is 0.343 bits per heavy atom. The first kappa shape index (κ1) is 67.3. The van der Waals surface area contributed by atoms with Crippen molar-refractivity contribution < 1.29 is 24.2 Å². The fourth-order valence-electron chi connectivity index (χ4n) is 8.93. The largest absolute Gasteiger partial charge is 0.462 e. The summed E-state index contributed by atoms with van der Waals surface area (Å²) in [6.07, 6.45) is 83.6. The monoisotopic (exact) mass is 977 g/mol. The Bertz CT molecular complexity index is 1240. The van der Waals surface area contributed by atoms with E-state index in [0.29, 0.717) is 12.8 Å². The lowest BCUT2D eigenvalue weighted by Crippen LogP contribution is -2.28. The maximum Gasteiger partial charge on any atom is 0.306 e. The second-order valence-electron chi connectivity index (χ2n) is 20.4. The summed E-state index contributed by atoms with van der Waals surface area (Å²) in [5, 5.41) is 9.62. The van der Waals surface area contributed by atoms with Gasteiger partial charge in [0, 0.05) is 12.8 Å². The van der Waals surface area contributed by atoms with E-state index in [-0.39, 0.29) is 25.2 Å². The second kappa shape index (κ2) is 60.6. The number of hydrogen-bond donors (Lipinski definition) is 1. The highest BCUT2D eigenvalue weighted by atomic mass is 16.6. The molecule has 0 rings (SSSR count). The molecule has 70 heavy (non-hydrogen) atoms. The normalized spacial score (nSPS) is 12.7. The van der Waals surface area contributed by atoms with Crippen molar-refractivity contribution in [2.24, 2.45) is 0 Å². The molecule has 0 heterocycles. The topological polar surface area (TPSA) is 72.8 Å². The average Bonchev–Trinajstić information content (AvgIpc) is 3.36. The van der Waals surface area contributed by atoms with Gasteiger partial charge in [-0.25, -0.2) is 0 Å². The van der Waals surface area contributed by atoms with Gasteiger partial charge < -0.3 is 14.6 Å². The van der Waals surface area contributed by atoms with Crippen LogP contribution in [0.15, 0.2) is 72.9 Å². The first-order chi connectivity index (χ1) is 34.6. The fraction of sp³-hybridized carbons (Fsp3) is 0.785. The highest BCUT2D eigenvalue weighted by molar-refractivity contribution is 5.70. The molecule has 0 aromatic heterocycles. The molecule has 5 nitrogen and oxygen atoms in total. The number of hydrogen-bond acceptors (Lipinski definition) is 5. The van der Waals surface area contributed by atoms with Crippen LogP contribution in [0.5, 0.6) is 0 Å². The maximum atomic E-state index is 12.2. The minimum atomic E-state index is -0.795. The van der Waals surface area contributed by atoms with Crippen molar-refractivity contribution in [3.63, 3.8) is 0 Å². The Labute approximate surface area is 435 Å². The number of aliphatic hydroxyl groups excluding tert-OH is 1. The van der Waals surface area contributed by atoms with E-state index in [1.807, 2.05) is 0 Å². The zero-order valence-corrected chi connectivity index (χ0v) is 46.5. The third-order valence-electron chi connectivity index (χ3n) is 13.5. The Kier molecular flexibility index (Phi) is 58.3. The summed E-state index contributed by atoms with van der Waals surface area (Å²) < 4.78 is 10.7. The number of esters is 2. The van der Waals surface area contributed by atoms with Crippen LogP contribution in [0.25, 0.3) is 0 Å². The molecule has 0 aromatic carbocycles. The van der Waals surface area contributed by atoms with Crippen LogP contribution in [0.3, 0.4) is 0 Å². The van der Waals surface area contributed by atoms with Crippen molar-refractivity contribution in [2.45, 2.75) is 315 Å². The summed E-state index contributed by atoms with van der Waals surface area (Å²) >= 11 is 0. The van der Waals surface area contributed by atoms with E-state index in [4.69, 9.17) is 9.47 Å². The third kappa shape index (κ3) is 57.9. The number of unbranched alkanes of at least 4 members (excludes halogenated alkanes) is 36. The summed E-state index contributed by atoms with van der Waals surface area (Å²) in [5.41, 5.74) is 0. The van der Waals surface area contributed by atoms with Gasteiger partial charge in [-0.2, -0.15) is 0 Å². The Hall–Kier alpha value is -2.66. The van der Waals surface area contributed by atoms with E-state index in [9.17, 15) is 14.7 Å².